The third-order valence-corrected chi connectivity index (χ3v) is 5.23. The van der Waals surface area contributed by atoms with Crippen LogP contribution in [0.5, 0.6) is 0 Å². The summed E-state index contributed by atoms with van der Waals surface area (Å²) in [5.74, 6) is 0.0465. The van der Waals surface area contributed by atoms with Gasteiger partial charge in [0.05, 0.1) is 5.69 Å². The maximum Gasteiger partial charge on any atom is 0.247 e. The van der Waals surface area contributed by atoms with Crippen LogP contribution in [-0.2, 0) is 4.79 Å². The maximum absolute atomic E-state index is 12.7. The molecule has 118 valence electrons. The number of rotatable bonds is 4. The fourth-order valence-electron chi connectivity index (χ4n) is 2.47. The molecule has 0 aromatic heterocycles. The number of thioether (sulfide) groups is 1. The average molecular weight is 342 g/mol. The molecule has 0 aliphatic carbocycles. The summed E-state index contributed by atoms with van der Waals surface area (Å²) in [5.41, 5.74) is 4.20. The minimum atomic E-state index is -0.190. The Morgan fingerprint density at radius 2 is 1.87 bits per heavy atom. The predicted octanol–water partition coefficient (Wildman–Crippen LogP) is 4.15. The second kappa shape index (κ2) is 6.72. The lowest BCUT2D eigenvalue weighted by atomic mass is 10.2. The quantitative estimate of drug-likeness (QED) is 0.846. The number of aryl methyl sites for hydroxylation is 2. The van der Waals surface area contributed by atoms with Crippen molar-refractivity contribution in [3.63, 3.8) is 0 Å². The van der Waals surface area contributed by atoms with Crippen LogP contribution >= 0.6 is 24.0 Å². The monoisotopic (exact) mass is 342 g/mol. The molecule has 1 fully saturated rings. The number of benzene rings is 2. The molecule has 2 aromatic carbocycles. The highest BCUT2D eigenvalue weighted by atomic mass is 32.2. The first kappa shape index (κ1) is 16.0. The number of thiocarbonyl (C=S) groups is 1. The van der Waals surface area contributed by atoms with Crippen LogP contribution < -0.4 is 10.2 Å². The Morgan fingerprint density at radius 1 is 1.13 bits per heavy atom. The minimum Gasteiger partial charge on any atom is -0.383 e. The van der Waals surface area contributed by atoms with Crippen LogP contribution in [0.1, 0.15) is 11.1 Å². The molecule has 1 aliphatic rings. The molecule has 1 heterocycles. The zero-order chi connectivity index (χ0) is 16.4. The normalized spacial score (nSPS) is 17.7. The van der Waals surface area contributed by atoms with Gasteiger partial charge in [-0.2, -0.15) is 0 Å². The van der Waals surface area contributed by atoms with Crippen molar-refractivity contribution in [3.05, 3.63) is 59.7 Å². The van der Waals surface area contributed by atoms with Crippen LogP contribution in [0.15, 0.2) is 48.5 Å². The second-order valence-corrected chi connectivity index (χ2v) is 7.47. The fourth-order valence-corrected chi connectivity index (χ4v) is 3.93. The molecule has 1 amide bonds. The molecule has 0 radical (unpaired) electrons. The van der Waals surface area contributed by atoms with Gasteiger partial charge in [0.15, 0.2) is 0 Å². The van der Waals surface area contributed by atoms with Gasteiger partial charge in [0.1, 0.15) is 9.57 Å². The van der Waals surface area contributed by atoms with Gasteiger partial charge in [-0.25, -0.2) is 0 Å². The summed E-state index contributed by atoms with van der Waals surface area (Å²) >= 11 is 6.86. The molecule has 1 N–H and O–H groups in total. The summed E-state index contributed by atoms with van der Waals surface area (Å²) in [5, 5.41) is 3.13. The van der Waals surface area contributed by atoms with Crippen molar-refractivity contribution in [3.8, 4) is 0 Å². The molecule has 2 aromatic rings. The van der Waals surface area contributed by atoms with Gasteiger partial charge < -0.3 is 5.32 Å². The molecule has 1 unspecified atom stereocenters. The highest BCUT2D eigenvalue weighted by Crippen LogP contribution is 2.32. The van der Waals surface area contributed by atoms with Gasteiger partial charge in [-0.1, -0.05) is 53.8 Å². The van der Waals surface area contributed by atoms with Gasteiger partial charge in [0, 0.05) is 12.2 Å². The van der Waals surface area contributed by atoms with E-state index >= 15 is 0 Å². The predicted molar refractivity (Wildman–Crippen MR) is 102 cm³/mol. The van der Waals surface area contributed by atoms with E-state index in [9.17, 15) is 4.79 Å². The third-order valence-electron chi connectivity index (χ3n) is 3.72. The van der Waals surface area contributed by atoms with Crippen LogP contribution in [0.3, 0.4) is 0 Å². The van der Waals surface area contributed by atoms with E-state index in [1.165, 1.54) is 17.3 Å². The van der Waals surface area contributed by atoms with Gasteiger partial charge in [-0.15, -0.1) is 0 Å². The summed E-state index contributed by atoms with van der Waals surface area (Å²) in [6.07, 6.45) is 0. The van der Waals surface area contributed by atoms with Crippen molar-refractivity contribution >= 4 is 45.6 Å². The van der Waals surface area contributed by atoms with Crippen molar-refractivity contribution in [2.24, 2.45) is 0 Å². The van der Waals surface area contributed by atoms with Gasteiger partial charge in [0.2, 0.25) is 5.91 Å². The van der Waals surface area contributed by atoms with E-state index in [0.717, 1.165) is 16.9 Å². The molecule has 1 saturated heterocycles. The van der Waals surface area contributed by atoms with Crippen molar-refractivity contribution in [2.75, 3.05) is 16.8 Å². The summed E-state index contributed by atoms with van der Waals surface area (Å²) in [7, 11) is 0. The molecule has 3 rings (SSSR count). The van der Waals surface area contributed by atoms with Crippen molar-refractivity contribution < 1.29 is 4.79 Å². The van der Waals surface area contributed by atoms with E-state index in [4.69, 9.17) is 12.2 Å². The number of hydrogen-bond acceptors (Lipinski definition) is 4. The number of hydrogen-bond donors (Lipinski definition) is 1. The number of amides is 1. The molecule has 0 spiro atoms. The molecule has 3 nitrogen and oxygen atoms in total. The van der Waals surface area contributed by atoms with Crippen molar-refractivity contribution in [1.29, 1.82) is 0 Å². The van der Waals surface area contributed by atoms with E-state index in [1.54, 1.807) is 4.90 Å². The smallest absolute Gasteiger partial charge is 0.247 e. The molecule has 0 bridgehead atoms. The van der Waals surface area contributed by atoms with E-state index in [2.05, 4.69) is 24.4 Å². The third kappa shape index (κ3) is 3.57. The SMILES string of the molecule is Cc1ccc(NCC2SC(=S)N(c3cccc(C)c3)C2=O)cc1. The summed E-state index contributed by atoms with van der Waals surface area (Å²) < 4.78 is 0.622. The largest absolute Gasteiger partial charge is 0.383 e. The zero-order valence-corrected chi connectivity index (χ0v) is 14.7. The fraction of sp³-hybridized carbons (Fsp3) is 0.222. The van der Waals surface area contributed by atoms with E-state index in [-0.39, 0.29) is 11.2 Å². The molecular weight excluding hydrogens is 324 g/mol. The standard InChI is InChI=1S/C18H18N2OS2/c1-12-6-8-14(9-7-12)19-11-16-17(21)20(18(22)23-16)15-5-3-4-13(2)10-15/h3-10,16,19H,11H2,1-2H3. The van der Waals surface area contributed by atoms with Crippen LogP contribution in [0.2, 0.25) is 0 Å². The Bertz CT molecular complexity index is 743. The Labute approximate surface area is 146 Å². The first-order chi connectivity index (χ1) is 11.0. The molecule has 1 atom stereocenters. The van der Waals surface area contributed by atoms with E-state index in [1.807, 2.05) is 43.3 Å². The van der Waals surface area contributed by atoms with Crippen molar-refractivity contribution in [2.45, 2.75) is 19.1 Å². The highest BCUT2D eigenvalue weighted by molar-refractivity contribution is 8.25. The average Bonchev–Trinajstić information content (AvgIpc) is 2.81. The Hall–Kier alpha value is -1.85. The lowest BCUT2D eigenvalue weighted by molar-refractivity contribution is -0.116. The topological polar surface area (TPSA) is 32.3 Å². The Balaban J connectivity index is 1.70. The highest BCUT2D eigenvalue weighted by Gasteiger charge is 2.37. The first-order valence-electron chi connectivity index (χ1n) is 7.46. The van der Waals surface area contributed by atoms with Crippen LogP contribution in [0.4, 0.5) is 11.4 Å². The zero-order valence-electron chi connectivity index (χ0n) is 13.1. The number of nitrogens with one attached hydrogen (secondary N) is 1. The van der Waals surface area contributed by atoms with Crippen molar-refractivity contribution in [1.82, 2.24) is 0 Å². The van der Waals surface area contributed by atoms with Crippen LogP contribution in [-0.4, -0.2) is 22.0 Å². The molecule has 5 heteroatoms. The van der Waals surface area contributed by atoms with Gasteiger partial charge in [-0.3, -0.25) is 9.69 Å². The van der Waals surface area contributed by atoms with E-state index in [0.29, 0.717) is 10.9 Å². The number of carbonyl (C=O) groups excluding carboxylic acids is 1. The molecule has 0 saturated carbocycles. The number of anilines is 2. The summed E-state index contributed by atoms with van der Waals surface area (Å²) in [6.45, 7) is 4.63. The number of nitrogens with zero attached hydrogens (tertiary/aromatic N) is 1. The van der Waals surface area contributed by atoms with Gasteiger partial charge >= 0.3 is 0 Å². The number of carbonyl (C=O) groups is 1. The Kier molecular flexibility index (Phi) is 4.68. The summed E-state index contributed by atoms with van der Waals surface area (Å²) in [4.78, 5) is 14.3. The maximum atomic E-state index is 12.7. The van der Waals surface area contributed by atoms with Crippen LogP contribution in [0, 0.1) is 13.8 Å². The molecular formula is C18H18N2OS2. The minimum absolute atomic E-state index is 0.0465. The lowest BCUT2D eigenvalue weighted by Gasteiger charge is -2.16. The van der Waals surface area contributed by atoms with Gasteiger partial charge in [-0.05, 0) is 43.7 Å². The first-order valence-corrected chi connectivity index (χ1v) is 8.75. The second-order valence-electron chi connectivity index (χ2n) is 5.63. The van der Waals surface area contributed by atoms with Gasteiger partial charge in [0.25, 0.3) is 0 Å². The summed E-state index contributed by atoms with van der Waals surface area (Å²) in [6, 6.07) is 16.0. The van der Waals surface area contributed by atoms with Crippen LogP contribution in [0.25, 0.3) is 0 Å². The van der Waals surface area contributed by atoms with E-state index < -0.39 is 0 Å². The lowest BCUT2D eigenvalue weighted by Crippen LogP contribution is -2.33. The molecule has 1 aliphatic heterocycles. The molecule has 23 heavy (non-hydrogen) atoms. The Morgan fingerprint density at radius 3 is 2.57 bits per heavy atom.